The maximum Gasteiger partial charge on any atom is 0.266 e. The molecular weight excluding hydrogens is 230 g/mol. The first kappa shape index (κ1) is 10.8. The van der Waals surface area contributed by atoms with Crippen molar-refractivity contribution in [3.63, 3.8) is 0 Å². The number of aryl methyl sites for hydroxylation is 1. The van der Waals surface area contributed by atoms with E-state index in [1.807, 2.05) is 24.3 Å². The number of para-hydroxylation sites is 1. The summed E-state index contributed by atoms with van der Waals surface area (Å²) in [6, 6.07) is 9.51. The lowest BCUT2D eigenvalue weighted by molar-refractivity contribution is -0.123. The predicted octanol–water partition coefficient (Wildman–Crippen LogP) is 1.74. The summed E-state index contributed by atoms with van der Waals surface area (Å²) in [4.78, 5) is 12.0. The van der Waals surface area contributed by atoms with Gasteiger partial charge >= 0.3 is 0 Å². The van der Waals surface area contributed by atoms with Gasteiger partial charge in [0.05, 0.1) is 6.20 Å². The zero-order valence-electron chi connectivity index (χ0n) is 9.72. The zero-order chi connectivity index (χ0) is 12.4. The topological polar surface area (TPSA) is 67.0 Å². The summed E-state index contributed by atoms with van der Waals surface area (Å²) in [6.45, 7) is 0. The number of hydrogen-bond donors (Lipinski definition) is 2. The first-order valence-electron chi connectivity index (χ1n) is 5.88. The van der Waals surface area contributed by atoms with Gasteiger partial charge in [-0.2, -0.15) is 5.10 Å². The van der Waals surface area contributed by atoms with Gasteiger partial charge in [0.15, 0.2) is 6.10 Å². The number of carbonyl (C=O) groups is 1. The molecule has 5 nitrogen and oxygen atoms in total. The molecule has 0 saturated heterocycles. The van der Waals surface area contributed by atoms with Gasteiger partial charge in [-0.15, -0.1) is 0 Å². The number of nitrogens with zero attached hydrogens (tertiary/aromatic N) is 1. The Bertz CT molecular complexity index is 551. The highest BCUT2D eigenvalue weighted by molar-refractivity contribution is 5.93. The van der Waals surface area contributed by atoms with Crippen LogP contribution in [0, 0.1) is 0 Å². The number of rotatable bonds is 2. The molecule has 1 aromatic heterocycles. The number of aromatic amines is 1. The molecule has 1 atom stereocenters. The lowest BCUT2D eigenvalue weighted by Gasteiger charge is -2.24. The Balaban J connectivity index is 1.70. The van der Waals surface area contributed by atoms with Crippen molar-refractivity contribution >= 4 is 11.7 Å². The minimum absolute atomic E-state index is 0.145. The smallest absolute Gasteiger partial charge is 0.266 e. The van der Waals surface area contributed by atoms with E-state index in [0.717, 1.165) is 17.7 Å². The van der Waals surface area contributed by atoms with E-state index in [0.29, 0.717) is 12.2 Å². The van der Waals surface area contributed by atoms with Crippen LogP contribution in [0.4, 0.5) is 5.82 Å². The average Bonchev–Trinajstić information content (AvgIpc) is 2.91. The van der Waals surface area contributed by atoms with Crippen LogP contribution in [-0.2, 0) is 11.2 Å². The molecule has 0 saturated carbocycles. The molecule has 0 aliphatic carbocycles. The number of ether oxygens (including phenoxy) is 1. The highest BCUT2D eigenvalue weighted by Crippen LogP contribution is 2.27. The molecule has 3 rings (SSSR count). The second-order valence-electron chi connectivity index (χ2n) is 4.21. The van der Waals surface area contributed by atoms with Gasteiger partial charge in [0.25, 0.3) is 5.91 Å². The quantitative estimate of drug-likeness (QED) is 0.844. The van der Waals surface area contributed by atoms with Crippen LogP contribution in [0.25, 0.3) is 0 Å². The van der Waals surface area contributed by atoms with E-state index in [2.05, 4.69) is 15.5 Å². The predicted molar refractivity (Wildman–Crippen MR) is 66.4 cm³/mol. The van der Waals surface area contributed by atoms with E-state index in [-0.39, 0.29) is 5.91 Å². The number of anilines is 1. The Hall–Kier alpha value is -2.30. The van der Waals surface area contributed by atoms with Crippen LogP contribution < -0.4 is 10.1 Å². The number of nitrogens with one attached hydrogen (secondary N) is 2. The minimum Gasteiger partial charge on any atom is -0.480 e. The van der Waals surface area contributed by atoms with Crippen molar-refractivity contribution in [2.24, 2.45) is 0 Å². The number of benzene rings is 1. The summed E-state index contributed by atoms with van der Waals surface area (Å²) in [6.07, 6.45) is 2.70. The van der Waals surface area contributed by atoms with E-state index in [4.69, 9.17) is 4.74 Å². The molecule has 5 heteroatoms. The van der Waals surface area contributed by atoms with Crippen LogP contribution in [0.2, 0.25) is 0 Å². The summed E-state index contributed by atoms with van der Waals surface area (Å²) >= 11 is 0. The summed E-state index contributed by atoms with van der Waals surface area (Å²) in [5, 5.41) is 9.21. The summed E-state index contributed by atoms with van der Waals surface area (Å²) < 4.78 is 5.70. The van der Waals surface area contributed by atoms with E-state index >= 15 is 0 Å². The first-order chi connectivity index (χ1) is 8.83. The second kappa shape index (κ2) is 4.52. The lowest BCUT2D eigenvalue weighted by atomic mass is 10.0. The molecule has 92 valence electrons. The number of carbonyl (C=O) groups excluding carboxylic acids is 1. The molecule has 0 spiro atoms. The molecular formula is C13H13N3O2. The van der Waals surface area contributed by atoms with Gasteiger partial charge in [-0.05, 0) is 24.5 Å². The first-order valence-corrected chi connectivity index (χ1v) is 5.88. The van der Waals surface area contributed by atoms with Gasteiger partial charge in [0, 0.05) is 6.07 Å². The van der Waals surface area contributed by atoms with Crippen LogP contribution in [0.1, 0.15) is 12.0 Å². The van der Waals surface area contributed by atoms with Crippen LogP contribution in [0.15, 0.2) is 36.5 Å². The number of fused-ring (bicyclic) bond motifs is 1. The Morgan fingerprint density at radius 2 is 2.28 bits per heavy atom. The Morgan fingerprint density at radius 1 is 1.39 bits per heavy atom. The van der Waals surface area contributed by atoms with Crippen molar-refractivity contribution in [2.45, 2.75) is 18.9 Å². The van der Waals surface area contributed by atoms with Crippen molar-refractivity contribution in [2.75, 3.05) is 5.32 Å². The van der Waals surface area contributed by atoms with Crippen molar-refractivity contribution in [3.05, 3.63) is 42.1 Å². The van der Waals surface area contributed by atoms with Crippen molar-refractivity contribution < 1.29 is 9.53 Å². The highest BCUT2D eigenvalue weighted by atomic mass is 16.5. The number of amides is 1. The van der Waals surface area contributed by atoms with Gasteiger partial charge in [-0.3, -0.25) is 9.89 Å². The molecule has 0 fully saturated rings. The third kappa shape index (κ3) is 2.07. The van der Waals surface area contributed by atoms with Gasteiger partial charge in [0.2, 0.25) is 0 Å². The van der Waals surface area contributed by atoms with Crippen LogP contribution >= 0.6 is 0 Å². The lowest BCUT2D eigenvalue weighted by Crippen LogP contribution is -2.35. The molecule has 1 aliphatic rings. The third-order valence-electron chi connectivity index (χ3n) is 2.97. The van der Waals surface area contributed by atoms with Crippen LogP contribution in [-0.4, -0.2) is 22.2 Å². The monoisotopic (exact) mass is 243 g/mol. The molecule has 2 N–H and O–H groups in total. The summed E-state index contributed by atoms with van der Waals surface area (Å²) in [5.74, 6) is 1.24. The molecule has 1 unspecified atom stereocenters. The molecule has 0 radical (unpaired) electrons. The fourth-order valence-corrected chi connectivity index (χ4v) is 2.05. The largest absolute Gasteiger partial charge is 0.480 e. The van der Waals surface area contributed by atoms with Crippen LogP contribution in [0.3, 0.4) is 0 Å². The van der Waals surface area contributed by atoms with Gasteiger partial charge in [-0.25, -0.2) is 0 Å². The summed E-state index contributed by atoms with van der Waals surface area (Å²) in [7, 11) is 0. The molecule has 2 heterocycles. The second-order valence-corrected chi connectivity index (χ2v) is 4.21. The maximum absolute atomic E-state index is 12.0. The fourth-order valence-electron chi connectivity index (χ4n) is 2.05. The Morgan fingerprint density at radius 3 is 3.11 bits per heavy atom. The molecule has 1 aromatic carbocycles. The van der Waals surface area contributed by atoms with Crippen LogP contribution in [0.5, 0.6) is 5.75 Å². The maximum atomic E-state index is 12.0. The number of aromatic nitrogens is 2. The Kier molecular flexibility index (Phi) is 2.72. The standard InChI is InChI=1S/C13H13N3O2/c17-13(15-12-7-8-14-16-12)11-6-5-9-3-1-2-4-10(9)18-11/h1-4,7-8,11H,5-6H2,(H2,14,15,16,17). The SMILES string of the molecule is O=C(Nc1ccn[nH]1)C1CCc2ccccc2O1. The van der Waals surface area contributed by atoms with E-state index in [1.54, 1.807) is 12.3 Å². The number of H-pyrrole nitrogens is 1. The van der Waals surface area contributed by atoms with Gasteiger partial charge < -0.3 is 10.1 Å². The molecule has 0 bridgehead atoms. The van der Waals surface area contributed by atoms with Gasteiger partial charge in [0.1, 0.15) is 11.6 Å². The molecule has 18 heavy (non-hydrogen) atoms. The summed E-state index contributed by atoms with van der Waals surface area (Å²) in [5.41, 5.74) is 1.16. The third-order valence-corrected chi connectivity index (χ3v) is 2.97. The fraction of sp³-hybridized carbons (Fsp3) is 0.231. The molecule has 1 aliphatic heterocycles. The van der Waals surface area contributed by atoms with Gasteiger partial charge in [-0.1, -0.05) is 18.2 Å². The molecule has 2 aromatic rings. The Labute approximate surface area is 104 Å². The minimum atomic E-state index is -0.441. The highest BCUT2D eigenvalue weighted by Gasteiger charge is 2.25. The van der Waals surface area contributed by atoms with E-state index < -0.39 is 6.10 Å². The average molecular weight is 243 g/mol. The van der Waals surface area contributed by atoms with E-state index in [9.17, 15) is 4.79 Å². The van der Waals surface area contributed by atoms with E-state index in [1.165, 1.54) is 0 Å². The normalized spacial score (nSPS) is 17.7. The zero-order valence-corrected chi connectivity index (χ0v) is 9.72. The van der Waals surface area contributed by atoms with Crippen molar-refractivity contribution in [1.29, 1.82) is 0 Å². The molecule has 1 amide bonds. The van der Waals surface area contributed by atoms with Crippen molar-refractivity contribution in [1.82, 2.24) is 10.2 Å². The van der Waals surface area contributed by atoms with Crippen molar-refractivity contribution in [3.8, 4) is 5.75 Å². The number of hydrogen-bond acceptors (Lipinski definition) is 3.